The molecular formula is C18H22F4N2O. The molecule has 25 heavy (non-hydrogen) atoms. The molecule has 138 valence electrons. The van der Waals surface area contributed by atoms with Crippen molar-refractivity contribution in [3.05, 3.63) is 28.6 Å². The molecule has 1 N–H and O–H groups in total. The molecular weight excluding hydrogens is 336 g/mol. The Balaban J connectivity index is 2.12. The summed E-state index contributed by atoms with van der Waals surface area (Å²) < 4.78 is 53.5. The first-order valence-electron chi connectivity index (χ1n) is 8.52. The van der Waals surface area contributed by atoms with Crippen LogP contribution in [0.5, 0.6) is 5.75 Å². The zero-order valence-corrected chi connectivity index (χ0v) is 14.5. The van der Waals surface area contributed by atoms with E-state index in [9.17, 15) is 22.7 Å². The van der Waals surface area contributed by atoms with Gasteiger partial charge in [0, 0.05) is 18.1 Å². The summed E-state index contributed by atoms with van der Waals surface area (Å²) in [6.07, 6.45) is -2.68. The molecule has 0 spiro atoms. The van der Waals surface area contributed by atoms with Crippen molar-refractivity contribution < 1.29 is 22.7 Å². The van der Waals surface area contributed by atoms with Crippen LogP contribution in [0.3, 0.4) is 0 Å². The first-order valence-corrected chi connectivity index (χ1v) is 8.52. The monoisotopic (exact) mass is 358 g/mol. The third-order valence-corrected chi connectivity index (χ3v) is 5.33. The van der Waals surface area contributed by atoms with E-state index < -0.39 is 29.5 Å². The van der Waals surface area contributed by atoms with Gasteiger partial charge in [-0.15, -0.1) is 0 Å². The number of halogens is 4. The Hall–Kier alpha value is -1.66. The van der Waals surface area contributed by atoms with Gasteiger partial charge in [-0.05, 0) is 41.7 Å². The Labute approximate surface area is 144 Å². The normalized spacial score (nSPS) is 28.7. The molecule has 3 atom stereocenters. The van der Waals surface area contributed by atoms with Crippen LogP contribution in [0, 0.1) is 11.7 Å². The van der Waals surface area contributed by atoms with E-state index in [-0.39, 0.29) is 17.7 Å². The largest absolute Gasteiger partial charge is 0.508 e. The Morgan fingerprint density at radius 2 is 1.92 bits per heavy atom. The van der Waals surface area contributed by atoms with Crippen LogP contribution in [-0.2, 0) is 11.8 Å². The van der Waals surface area contributed by atoms with E-state index in [1.54, 1.807) is 0 Å². The lowest BCUT2D eigenvalue weighted by atomic mass is 9.73. The predicted molar refractivity (Wildman–Crippen MR) is 85.2 cm³/mol. The molecule has 1 aromatic carbocycles. The highest BCUT2D eigenvalue weighted by Gasteiger charge is 2.46. The molecule has 1 aliphatic heterocycles. The number of aromatic hydroxyl groups is 1. The zero-order chi connectivity index (χ0) is 18.6. The number of fused-ring (bicyclic) bond motifs is 1. The number of rotatable bonds is 1. The lowest BCUT2D eigenvalue weighted by Gasteiger charge is -2.31. The topological polar surface area (TPSA) is 45.0 Å². The quantitative estimate of drug-likeness (QED) is 0.515. The van der Waals surface area contributed by atoms with Crippen molar-refractivity contribution >= 4 is 0 Å². The minimum Gasteiger partial charge on any atom is -0.508 e. The Morgan fingerprint density at radius 3 is 2.52 bits per heavy atom. The highest BCUT2D eigenvalue weighted by molar-refractivity contribution is 5.51. The van der Waals surface area contributed by atoms with Crippen molar-refractivity contribution in [2.45, 2.75) is 70.1 Å². The van der Waals surface area contributed by atoms with E-state index in [2.05, 4.69) is 17.2 Å². The number of alkyl halides is 3. The summed E-state index contributed by atoms with van der Waals surface area (Å²) in [5, 5.41) is 17.3. The van der Waals surface area contributed by atoms with Crippen LogP contribution >= 0.6 is 0 Å². The van der Waals surface area contributed by atoms with Crippen LogP contribution in [0.2, 0.25) is 0 Å². The Bertz CT molecular complexity index is 712. The average Bonchev–Trinajstić information content (AvgIpc) is 2.90. The summed E-state index contributed by atoms with van der Waals surface area (Å²) in [6, 6.07) is -1.85. The van der Waals surface area contributed by atoms with E-state index in [4.69, 9.17) is 0 Å². The SMILES string of the molecule is CC1CCc2c(O)cc(F)c(C3CC(C(F)(F)F)N=N3)c2C(C)(C)C1. The second-order valence-corrected chi connectivity index (χ2v) is 7.92. The predicted octanol–water partition coefficient (Wildman–Crippen LogP) is 5.61. The van der Waals surface area contributed by atoms with Crippen LogP contribution in [0.15, 0.2) is 16.3 Å². The van der Waals surface area contributed by atoms with Gasteiger partial charge < -0.3 is 5.11 Å². The molecule has 2 aliphatic rings. The summed E-state index contributed by atoms with van der Waals surface area (Å²) in [4.78, 5) is 0. The van der Waals surface area contributed by atoms with E-state index in [0.29, 0.717) is 23.5 Å². The second-order valence-electron chi connectivity index (χ2n) is 7.92. The van der Waals surface area contributed by atoms with Gasteiger partial charge in [0.15, 0.2) is 6.04 Å². The van der Waals surface area contributed by atoms with Crippen LogP contribution in [0.25, 0.3) is 0 Å². The summed E-state index contributed by atoms with van der Waals surface area (Å²) in [5.74, 6) is -0.461. The van der Waals surface area contributed by atoms with Gasteiger partial charge in [-0.1, -0.05) is 20.8 Å². The van der Waals surface area contributed by atoms with Crippen molar-refractivity contribution in [2.75, 3.05) is 0 Å². The molecule has 1 aromatic rings. The molecule has 0 amide bonds. The maximum atomic E-state index is 14.7. The molecule has 0 saturated heterocycles. The molecule has 3 unspecified atom stereocenters. The Kier molecular flexibility index (Phi) is 4.32. The van der Waals surface area contributed by atoms with Gasteiger partial charge in [-0.25, -0.2) is 4.39 Å². The van der Waals surface area contributed by atoms with Crippen molar-refractivity contribution in [1.82, 2.24) is 0 Å². The molecule has 7 heteroatoms. The van der Waals surface area contributed by atoms with Crippen molar-refractivity contribution in [3.63, 3.8) is 0 Å². The van der Waals surface area contributed by atoms with E-state index in [0.717, 1.165) is 18.9 Å². The molecule has 3 nitrogen and oxygen atoms in total. The van der Waals surface area contributed by atoms with Crippen LogP contribution in [0.1, 0.15) is 62.8 Å². The highest BCUT2D eigenvalue weighted by atomic mass is 19.4. The number of phenolic OH excluding ortho intramolecular Hbond substituents is 1. The van der Waals surface area contributed by atoms with Gasteiger partial charge in [0.1, 0.15) is 17.6 Å². The number of hydrogen-bond donors (Lipinski definition) is 1. The summed E-state index contributed by atoms with van der Waals surface area (Å²) in [5.41, 5.74) is 0.950. The molecule has 0 saturated carbocycles. The standard InChI is InChI=1S/C18H22F4N2O/c1-9-4-5-10-13(25)6-11(19)15(16(10)17(2,3)8-9)12-7-14(24-23-12)18(20,21)22/h6,9,12,14,25H,4-5,7-8H2,1-3H3. The molecule has 0 aromatic heterocycles. The van der Waals surface area contributed by atoms with Crippen LogP contribution < -0.4 is 0 Å². The first-order chi connectivity index (χ1) is 11.5. The fraction of sp³-hybridized carbons (Fsp3) is 0.667. The molecule has 0 bridgehead atoms. The summed E-state index contributed by atoms with van der Waals surface area (Å²) in [6.45, 7) is 5.99. The smallest absolute Gasteiger partial charge is 0.412 e. The minimum atomic E-state index is -4.48. The molecule has 0 radical (unpaired) electrons. The number of azo groups is 1. The zero-order valence-electron chi connectivity index (χ0n) is 14.5. The fourth-order valence-electron chi connectivity index (χ4n) is 4.35. The molecule has 3 rings (SSSR count). The first kappa shape index (κ1) is 18.1. The fourth-order valence-corrected chi connectivity index (χ4v) is 4.35. The van der Waals surface area contributed by atoms with Gasteiger partial charge in [-0.3, -0.25) is 0 Å². The van der Waals surface area contributed by atoms with E-state index >= 15 is 0 Å². The second kappa shape index (κ2) is 5.95. The van der Waals surface area contributed by atoms with Gasteiger partial charge in [-0.2, -0.15) is 23.4 Å². The summed E-state index contributed by atoms with van der Waals surface area (Å²) in [7, 11) is 0. The molecule has 1 heterocycles. The maximum Gasteiger partial charge on any atom is 0.412 e. The number of hydrogen-bond acceptors (Lipinski definition) is 3. The third-order valence-electron chi connectivity index (χ3n) is 5.33. The minimum absolute atomic E-state index is 0.124. The van der Waals surface area contributed by atoms with Gasteiger partial charge >= 0.3 is 6.18 Å². The molecule has 1 aliphatic carbocycles. The summed E-state index contributed by atoms with van der Waals surface area (Å²) >= 11 is 0. The van der Waals surface area contributed by atoms with Gasteiger partial charge in [0.25, 0.3) is 0 Å². The number of benzene rings is 1. The third kappa shape index (κ3) is 3.25. The molecule has 0 fully saturated rings. The lowest BCUT2D eigenvalue weighted by Crippen LogP contribution is -2.27. The average molecular weight is 358 g/mol. The van der Waals surface area contributed by atoms with Crippen LogP contribution in [0.4, 0.5) is 17.6 Å². The number of nitrogens with zero attached hydrogens (tertiary/aromatic N) is 2. The maximum absolute atomic E-state index is 14.7. The van der Waals surface area contributed by atoms with Crippen LogP contribution in [-0.4, -0.2) is 17.3 Å². The lowest BCUT2D eigenvalue weighted by molar-refractivity contribution is -0.146. The van der Waals surface area contributed by atoms with Crippen molar-refractivity contribution in [2.24, 2.45) is 16.1 Å². The number of phenols is 1. The van der Waals surface area contributed by atoms with Crippen molar-refractivity contribution in [3.8, 4) is 5.75 Å². The highest BCUT2D eigenvalue weighted by Crippen LogP contribution is 2.48. The van der Waals surface area contributed by atoms with Gasteiger partial charge in [0.05, 0.1) is 0 Å². The van der Waals surface area contributed by atoms with Gasteiger partial charge in [0.2, 0.25) is 0 Å². The van der Waals surface area contributed by atoms with Crippen molar-refractivity contribution in [1.29, 1.82) is 0 Å². The van der Waals surface area contributed by atoms with E-state index in [1.807, 2.05) is 13.8 Å². The Morgan fingerprint density at radius 1 is 1.24 bits per heavy atom. The van der Waals surface area contributed by atoms with E-state index in [1.165, 1.54) is 0 Å².